The molecule has 0 radical (unpaired) electrons. The van der Waals surface area contributed by atoms with Crippen molar-refractivity contribution in [2.45, 2.75) is 39.5 Å². The summed E-state index contributed by atoms with van der Waals surface area (Å²) in [6.07, 6.45) is 1.21. The van der Waals surface area contributed by atoms with E-state index < -0.39 is 9.04 Å². The lowest BCUT2D eigenvalue weighted by molar-refractivity contribution is 0.232. The molecule has 0 heterocycles. The van der Waals surface area contributed by atoms with E-state index in [9.17, 15) is 0 Å². The van der Waals surface area contributed by atoms with Crippen LogP contribution in [-0.2, 0) is 4.43 Å². The first-order valence-electron chi connectivity index (χ1n) is 3.72. The van der Waals surface area contributed by atoms with Crippen LogP contribution in [0.5, 0.6) is 0 Å². The second-order valence-electron chi connectivity index (χ2n) is 2.63. The summed E-state index contributed by atoms with van der Waals surface area (Å²) in [5.41, 5.74) is 0. The minimum atomic E-state index is -0.839. The first-order chi connectivity index (χ1) is 4.66. The van der Waals surface area contributed by atoms with Crippen LogP contribution in [0.2, 0.25) is 13.1 Å². The zero-order valence-electron chi connectivity index (χ0n) is 7.27. The molecule has 10 heavy (non-hydrogen) atoms. The van der Waals surface area contributed by atoms with Gasteiger partial charge in [0, 0.05) is 6.42 Å². The summed E-state index contributed by atoms with van der Waals surface area (Å²) >= 11 is 0. The molecule has 1 nitrogen and oxygen atoms in total. The number of hydrogen-bond acceptors (Lipinski definition) is 1. The molecule has 0 aromatic carbocycles. The third-order valence-corrected chi connectivity index (χ3v) is 2.08. The molecule has 0 aliphatic heterocycles. The monoisotopic (exact) mass is 156 g/mol. The molecule has 1 atom stereocenters. The van der Waals surface area contributed by atoms with Gasteiger partial charge in [-0.25, -0.2) is 0 Å². The van der Waals surface area contributed by atoms with Gasteiger partial charge in [-0.15, -0.1) is 11.8 Å². The maximum atomic E-state index is 5.59. The summed E-state index contributed by atoms with van der Waals surface area (Å²) in [6, 6.07) is 0. The van der Waals surface area contributed by atoms with E-state index in [1.54, 1.807) is 0 Å². The Balaban J connectivity index is 3.40. The molecular weight excluding hydrogens is 140 g/mol. The predicted octanol–water partition coefficient (Wildman–Crippen LogP) is 1.79. The van der Waals surface area contributed by atoms with Crippen LogP contribution in [0, 0.1) is 11.8 Å². The van der Waals surface area contributed by atoms with Gasteiger partial charge in [0.25, 0.3) is 0 Å². The molecule has 0 rings (SSSR count). The molecule has 0 aromatic rings. The highest BCUT2D eigenvalue weighted by Gasteiger charge is 2.02. The van der Waals surface area contributed by atoms with Gasteiger partial charge in [0.1, 0.15) is 0 Å². The lowest BCUT2D eigenvalue weighted by Crippen LogP contribution is -2.16. The maximum Gasteiger partial charge on any atom is 0.171 e. The Morgan fingerprint density at radius 3 is 2.50 bits per heavy atom. The van der Waals surface area contributed by atoms with E-state index in [2.05, 4.69) is 31.9 Å². The quantitative estimate of drug-likeness (QED) is 0.447. The van der Waals surface area contributed by atoms with Gasteiger partial charge in [-0.1, -0.05) is 0 Å². The van der Waals surface area contributed by atoms with E-state index in [-0.39, 0.29) is 0 Å². The fraction of sp³-hybridized carbons (Fsp3) is 0.750. The standard InChI is InChI=1S/C8H16OSi/c1-5-6-7-8(2)9-10(3)4/h8,10H,7H2,1-4H3. The van der Waals surface area contributed by atoms with Gasteiger partial charge in [0.2, 0.25) is 0 Å². The van der Waals surface area contributed by atoms with Crippen LogP contribution in [0.15, 0.2) is 0 Å². The van der Waals surface area contributed by atoms with Crippen molar-refractivity contribution in [3.8, 4) is 11.8 Å². The Morgan fingerprint density at radius 2 is 2.10 bits per heavy atom. The molecule has 0 amide bonds. The molecule has 58 valence electrons. The van der Waals surface area contributed by atoms with Crippen molar-refractivity contribution in [3.05, 3.63) is 0 Å². The molecule has 0 fully saturated rings. The summed E-state index contributed by atoms with van der Waals surface area (Å²) < 4.78 is 5.59. The van der Waals surface area contributed by atoms with Gasteiger partial charge in [0.05, 0.1) is 6.10 Å². The summed E-state index contributed by atoms with van der Waals surface area (Å²) in [5.74, 6) is 5.86. The SMILES string of the molecule is CC#CCC(C)O[SiH](C)C. The van der Waals surface area contributed by atoms with Crippen LogP contribution >= 0.6 is 0 Å². The average Bonchev–Trinajstić information content (AvgIpc) is 1.82. The van der Waals surface area contributed by atoms with E-state index in [0.29, 0.717) is 6.10 Å². The van der Waals surface area contributed by atoms with Gasteiger partial charge in [-0.3, -0.25) is 0 Å². The molecule has 0 N–H and O–H groups in total. The third-order valence-electron chi connectivity index (χ3n) is 1.07. The number of hydrogen-bond donors (Lipinski definition) is 0. The molecular formula is C8H16OSi. The Kier molecular flexibility index (Phi) is 5.37. The molecule has 0 aromatic heterocycles. The lowest BCUT2D eigenvalue weighted by atomic mass is 10.3. The highest BCUT2D eigenvalue weighted by molar-refractivity contribution is 6.48. The smallest absolute Gasteiger partial charge is 0.171 e. The zero-order valence-corrected chi connectivity index (χ0v) is 8.42. The zero-order chi connectivity index (χ0) is 7.98. The predicted molar refractivity (Wildman–Crippen MR) is 47.5 cm³/mol. The Labute approximate surface area is 65.5 Å². The largest absolute Gasteiger partial charge is 0.417 e. The molecule has 0 aliphatic carbocycles. The summed E-state index contributed by atoms with van der Waals surface area (Å²) in [6.45, 7) is 8.29. The fourth-order valence-corrected chi connectivity index (χ4v) is 1.78. The Bertz CT molecular complexity index is 132. The van der Waals surface area contributed by atoms with Gasteiger partial charge in [0.15, 0.2) is 9.04 Å². The fourth-order valence-electron chi connectivity index (χ4n) is 0.759. The first-order valence-corrected chi connectivity index (χ1v) is 6.50. The topological polar surface area (TPSA) is 9.23 Å². The average molecular weight is 156 g/mol. The second kappa shape index (κ2) is 5.52. The van der Waals surface area contributed by atoms with Crippen LogP contribution in [0.4, 0.5) is 0 Å². The van der Waals surface area contributed by atoms with Crippen molar-refractivity contribution in [2.75, 3.05) is 0 Å². The van der Waals surface area contributed by atoms with E-state index in [1.807, 2.05) is 6.92 Å². The van der Waals surface area contributed by atoms with Crippen molar-refractivity contribution in [2.24, 2.45) is 0 Å². The second-order valence-corrected chi connectivity index (χ2v) is 5.00. The summed E-state index contributed by atoms with van der Waals surface area (Å²) in [4.78, 5) is 0. The number of rotatable bonds is 3. The Morgan fingerprint density at radius 1 is 1.50 bits per heavy atom. The molecule has 2 heteroatoms. The van der Waals surface area contributed by atoms with Crippen LogP contribution < -0.4 is 0 Å². The van der Waals surface area contributed by atoms with Gasteiger partial charge in [-0.05, 0) is 26.9 Å². The van der Waals surface area contributed by atoms with Crippen molar-refractivity contribution in [1.29, 1.82) is 0 Å². The summed E-state index contributed by atoms with van der Waals surface area (Å²) in [5, 5.41) is 0. The highest BCUT2D eigenvalue weighted by atomic mass is 28.3. The molecule has 0 saturated heterocycles. The highest BCUT2D eigenvalue weighted by Crippen LogP contribution is 1.97. The minimum absolute atomic E-state index is 0.333. The van der Waals surface area contributed by atoms with E-state index in [0.717, 1.165) is 6.42 Å². The molecule has 0 bridgehead atoms. The van der Waals surface area contributed by atoms with E-state index in [4.69, 9.17) is 4.43 Å². The summed E-state index contributed by atoms with van der Waals surface area (Å²) in [7, 11) is -0.839. The third kappa shape index (κ3) is 5.87. The minimum Gasteiger partial charge on any atom is -0.417 e. The molecule has 0 aliphatic rings. The lowest BCUT2D eigenvalue weighted by Gasteiger charge is -2.12. The van der Waals surface area contributed by atoms with E-state index in [1.165, 1.54) is 0 Å². The van der Waals surface area contributed by atoms with E-state index >= 15 is 0 Å². The normalized spacial score (nSPS) is 12.5. The van der Waals surface area contributed by atoms with Crippen LogP contribution in [0.25, 0.3) is 0 Å². The van der Waals surface area contributed by atoms with Crippen LogP contribution in [-0.4, -0.2) is 15.1 Å². The van der Waals surface area contributed by atoms with Gasteiger partial charge in [-0.2, -0.15) is 0 Å². The van der Waals surface area contributed by atoms with Crippen molar-refractivity contribution in [3.63, 3.8) is 0 Å². The molecule has 1 unspecified atom stereocenters. The van der Waals surface area contributed by atoms with Gasteiger partial charge >= 0.3 is 0 Å². The van der Waals surface area contributed by atoms with Crippen molar-refractivity contribution < 1.29 is 4.43 Å². The van der Waals surface area contributed by atoms with Gasteiger partial charge < -0.3 is 4.43 Å². The Hall–Kier alpha value is -0.263. The maximum absolute atomic E-state index is 5.59. The van der Waals surface area contributed by atoms with Crippen LogP contribution in [0.1, 0.15) is 20.3 Å². The van der Waals surface area contributed by atoms with Crippen molar-refractivity contribution in [1.82, 2.24) is 0 Å². The molecule has 0 spiro atoms. The van der Waals surface area contributed by atoms with Crippen LogP contribution in [0.3, 0.4) is 0 Å². The van der Waals surface area contributed by atoms with Crippen molar-refractivity contribution >= 4 is 9.04 Å². The molecule has 0 saturated carbocycles. The first kappa shape index (κ1) is 9.74.